The van der Waals surface area contributed by atoms with Crippen molar-refractivity contribution in [2.45, 2.75) is 23.5 Å². The molecule has 0 fully saturated rings. The zero-order valence-corrected chi connectivity index (χ0v) is 26.9. The zero-order valence-electron chi connectivity index (χ0n) is 26.1. The van der Waals surface area contributed by atoms with Gasteiger partial charge in [0, 0.05) is 21.8 Å². The molecule has 4 N–H and O–H groups in total. The summed E-state index contributed by atoms with van der Waals surface area (Å²) in [5, 5.41) is 17.2. The van der Waals surface area contributed by atoms with Crippen LogP contribution in [0.15, 0.2) is 144 Å². The van der Waals surface area contributed by atoms with E-state index in [9.17, 15) is 24.3 Å². The smallest absolute Gasteiger partial charge is 0.335 e. The molecule has 0 aliphatic rings. The highest BCUT2D eigenvalue weighted by atomic mass is 32.2. The third-order valence-electron chi connectivity index (χ3n) is 7.27. The van der Waals surface area contributed by atoms with Crippen LogP contribution in [0.3, 0.4) is 0 Å². The van der Waals surface area contributed by atoms with Crippen molar-refractivity contribution in [2.24, 2.45) is 0 Å². The largest absolute Gasteiger partial charge is 0.478 e. The van der Waals surface area contributed by atoms with Crippen LogP contribution in [0.4, 0.5) is 11.4 Å². The van der Waals surface area contributed by atoms with Crippen LogP contribution in [0.25, 0.3) is 17.2 Å². The summed E-state index contributed by atoms with van der Waals surface area (Å²) in [6, 6.07) is 39.4. The Labute approximate surface area is 282 Å². The fraction of sp³-hybridized carbons (Fsp3) is 0.0769. The lowest BCUT2D eigenvalue weighted by Crippen LogP contribution is -2.30. The van der Waals surface area contributed by atoms with Gasteiger partial charge in [-0.15, -0.1) is 11.8 Å². The molecule has 0 radical (unpaired) electrons. The number of carboxylic acids is 1. The molecule has 8 nitrogen and oxygen atoms in total. The fourth-order valence-corrected chi connectivity index (χ4v) is 5.81. The van der Waals surface area contributed by atoms with Crippen molar-refractivity contribution in [3.8, 4) is 11.1 Å². The molecule has 0 bridgehead atoms. The fourth-order valence-electron chi connectivity index (χ4n) is 4.80. The Kier molecular flexibility index (Phi) is 11.2. The first-order valence-corrected chi connectivity index (χ1v) is 16.1. The molecule has 3 amide bonds. The lowest BCUT2D eigenvalue weighted by atomic mass is 10.0. The Balaban J connectivity index is 1.32. The monoisotopic (exact) mass is 655 g/mol. The standard InChI is InChI=1S/C39H33N3O5S/c1-2-35(38(45)41-31-16-9-15-30(24-31)39(46)47)48-33-18-10-17-32(25-33)40-37(44)34(42-36(43)29-13-7-4-8-14-29)23-26-19-21-28(22-20-26)27-11-5-3-6-12-27/h3-25,35H,2H2,1H3,(H,40,44)(H,41,45)(H,42,43)(H,46,47)/b34-23+. The van der Waals surface area contributed by atoms with Crippen LogP contribution in [0.5, 0.6) is 0 Å². The number of aromatic carboxylic acids is 1. The highest BCUT2D eigenvalue weighted by molar-refractivity contribution is 8.00. The summed E-state index contributed by atoms with van der Waals surface area (Å²) in [5.74, 6) is -2.29. The number of thioether (sulfide) groups is 1. The molecule has 0 aliphatic carbocycles. The third kappa shape index (κ3) is 9.08. The molecular formula is C39H33N3O5S. The number of rotatable bonds is 12. The number of benzene rings is 5. The molecule has 5 aromatic rings. The summed E-state index contributed by atoms with van der Waals surface area (Å²) in [6.07, 6.45) is 2.13. The highest BCUT2D eigenvalue weighted by Crippen LogP contribution is 2.29. The number of hydrogen-bond donors (Lipinski definition) is 4. The van der Waals surface area contributed by atoms with Crippen molar-refractivity contribution in [3.63, 3.8) is 0 Å². The lowest BCUT2D eigenvalue weighted by Gasteiger charge is -2.16. The second kappa shape index (κ2) is 16.1. The van der Waals surface area contributed by atoms with E-state index in [1.54, 1.807) is 60.7 Å². The molecule has 0 saturated carbocycles. The molecule has 0 aliphatic heterocycles. The first-order valence-electron chi connectivity index (χ1n) is 15.2. The van der Waals surface area contributed by atoms with Gasteiger partial charge in [0.05, 0.1) is 10.8 Å². The van der Waals surface area contributed by atoms with Gasteiger partial charge < -0.3 is 21.1 Å². The number of carboxylic acid groups (broad SMARTS) is 1. The van der Waals surface area contributed by atoms with E-state index in [2.05, 4.69) is 16.0 Å². The van der Waals surface area contributed by atoms with Crippen LogP contribution >= 0.6 is 11.8 Å². The number of amides is 3. The minimum Gasteiger partial charge on any atom is -0.478 e. The predicted molar refractivity (Wildman–Crippen MR) is 191 cm³/mol. The molecule has 240 valence electrons. The van der Waals surface area contributed by atoms with Crippen LogP contribution < -0.4 is 16.0 Å². The van der Waals surface area contributed by atoms with E-state index < -0.39 is 23.0 Å². The molecule has 1 unspecified atom stereocenters. The molecule has 0 aromatic heterocycles. The SMILES string of the molecule is CCC(Sc1cccc(NC(=O)/C(=C\c2ccc(-c3ccccc3)cc2)NC(=O)c2ccccc2)c1)C(=O)Nc1cccc(C(=O)O)c1. The summed E-state index contributed by atoms with van der Waals surface area (Å²) in [6.45, 7) is 1.88. The number of anilines is 2. The summed E-state index contributed by atoms with van der Waals surface area (Å²) >= 11 is 1.32. The molecule has 48 heavy (non-hydrogen) atoms. The Hall–Kier alpha value is -5.93. The van der Waals surface area contributed by atoms with Gasteiger partial charge in [-0.05, 0) is 77.7 Å². The third-order valence-corrected chi connectivity index (χ3v) is 8.63. The van der Waals surface area contributed by atoms with Crippen molar-refractivity contribution in [3.05, 3.63) is 156 Å². The van der Waals surface area contributed by atoms with E-state index in [0.717, 1.165) is 21.6 Å². The lowest BCUT2D eigenvalue weighted by molar-refractivity contribution is -0.116. The number of nitrogens with one attached hydrogen (secondary N) is 3. The maximum absolute atomic E-state index is 13.6. The molecule has 1 atom stereocenters. The Morgan fingerprint density at radius 2 is 1.29 bits per heavy atom. The van der Waals surface area contributed by atoms with E-state index >= 15 is 0 Å². The van der Waals surface area contributed by atoms with Gasteiger partial charge in [-0.25, -0.2) is 4.79 Å². The molecule has 0 heterocycles. The maximum Gasteiger partial charge on any atom is 0.335 e. The topological polar surface area (TPSA) is 125 Å². The second-order valence-corrected chi connectivity index (χ2v) is 12.0. The van der Waals surface area contributed by atoms with Gasteiger partial charge in [-0.3, -0.25) is 14.4 Å². The van der Waals surface area contributed by atoms with Crippen molar-refractivity contribution in [1.29, 1.82) is 0 Å². The van der Waals surface area contributed by atoms with Crippen molar-refractivity contribution >= 4 is 52.9 Å². The number of carbonyl (C=O) groups is 4. The van der Waals surface area contributed by atoms with Crippen LogP contribution in [-0.2, 0) is 9.59 Å². The molecule has 9 heteroatoms. The number of carbonyl (C=O) groups excluding carboxylic acids is 3. The molecule has 0 saturated heterocycles. The van der Waals surface area contributed by atoms with E-state index in [1.807, 2.05) is 73.7 Å². The molecule has 5 aromatic carbocycles. The summed E-state index contributed by atoms with van der Waals surface area (Å²) in [4.78, 5) is 51.9. The normalized spacial score (nSPS) is 11.6. The van der Waals surface area contributed by atoms with Crippen molar-refractivity contribution in [2.75, 3.05) is 10.6 Å². The van der Waals surface area contributed by atoms with Crippen LogP contribution in [0.1, 0.15) is 39.6 Å². The first-order chi connectivity index (χ1) is 23.3. The summed E-state index contributed by atoms with van der Waals surface area (Å²) in [5.41, 5.74) is 4.24. The van der Waals surface area contributed by atoms with E-state index in [0.29, 0.717) is 23.4 Å². The van der Waals surface area contributed by atoms with Crippen LogP contribution in [0.2, 0.25) is 0 Å². The molecule has 0 spiro atoms. The van der Waals surface area contributed by atoms with E-state index in [4.69, 9.17) is 0 Å². The minimum atomic E-state index is -1.08. The minimum absolute atomic E-state index is 0.0591. The number of hydrogen-bond acceptors (Lipinski definition) is 5. The van der Waals surface area contributed by atoms with Crippen molar-refractivity contribution < 1.29 is 24.3 Å². The van der Waals surface area contributed by atoms with Crippen LogP contribution in [0, 0.1) is 0 Å². The van der Waals surface area contributed by atoms with Gasteiger partial charge >= 0.3 is 5.97 Å². The van der Waals surface area contributed by atoms with Gasteiger partial charge in [-0.1, -0.05) is 91.9 Å². The Morgan fingerprint density at radius 1 is 0.688 bits per heavy atom. The Morgan fingerprint density at radius 3 is 1.96 bits per heavy atom. The Bertz CT molecular complexity index is 1940. The summed E-state index contributed by atoms with van der Waals surface area (Å²) < 4.78 is 0. The zero-order chi connectivity index (χ0) is 33.9. The predicted octanol–water partition coefficient (Wildman–Crippen LogP) is 7.97. The van der Waals surface area contributed by atoms with Gasteiger partial charge in [0.15, 0.2) is 0 Å². The van der Waals surface area contributed by atoms with E-state index in [1.165, 1.54) is 23.9 Å². The first kappa shape index (κ1) is 33.4. The van der Waals surface area contributed by atoms with E-state index in [-0.39, 0.29) is 17.2 Å². The van der Waals surface area contributed by atoms with Crippen LogP contribution in [-0.4, -0.2) is 34.0 Å². The van der Waals surface area contributed by atoms with Gasteiger partial charge in [0.1, 0.15) is 5.70 Å². The van der Waals surface area contributed by atoms with Gasteiger partial charge in [0.25, 0.3) is 11.8 Å². The average Bonchev–Trinajstić information content (AvgIpc) is 3.11. The molecule has 5 rings (SSSR count). The quantitative estimate of drug-likeness (QED) is 0.0798. The maximum atomic E-state index is 13.6. The highest BCUT2D eigenvalue weighted by Gasteiger charge is 2.20. The van der Waals surface area contributed by atoms with Gasteiger partial charge in [0.2, 0.25) is 5.91 Å². The average molecular weight is 656 g/mol. The summed E-state index contributed by atoms with van der Waals surface area (Å²) in [7, 11) is 0. The molecular weight excluding hydrogens is 623 g/mol. The van der Waals surface area contributed by atoms with Crippen molar-refractivity contribution in [1.82, 2.24) is 5.32 Å². The van der Waals surface area contributed by atoms with Gasteiger partial charge in [-0.2, -0.15) is 0 Å². The second-order valence-electron chi connectivity index (χ2n) is 10.7.